The van der Waals surface area contributed by atoms with Crippen molar-refractivity contribution in [1.82, 2.24) is 0 Å². The Morgan fingerprint density at radius 3 is 2.20 bits per heavy atom. The molecule has 7 heteroatoms. The molecule has 4 fully saturated rings. The van der Waals surface area contributed by atoms with Gasteiger partial charge in [-0.1, -0.05) is 57.2 Å². The van der Waals surface area contributed by atoms with E-state index in [4.69, 9.17) is 18.9 Å². The summed E-state index contributed by atoms with van der Waals surface area (Å²) in [4.78, 5) is 38.6. The van der Waals surface area contributed by atoms with Crippen molar-refractivity contribution in [2.24, 2.45) is 28.1 Å². The molecule has 2 saturated heterocycles. The summed E-state index contributed by atoms with van der Waals surface area (Å²) in [5, 5.41) is 0. The lowest BCUT2D eigenvalue weighted by Crippen LogP contribution is -2.66. The Hall–Kier alpha value is -3.19. The maximum absolute atomic E-state index is 13.3. The quantitative estimate of drug-likeness (QED) is 0.327. The predicted octanol–water partition coefficient (Wildman–Crippen LogP) is 6.01. The molecule has 41 heavy (non-hydrogen) atoms. The summed E-state index contributed by atoms with van der Waals surface area (Å²) in [6.07, 6.45) is 4.01. The highest BCUT2D eigenvalue weighted by Crippen LogP contribution is 2.69. The lowest BCUT2D eigenvalue weighted by molar-refractivity contribution is -0.242. The van der Waals surface area contributed by atoms with Crippen LogP contribution in [0.5, 0.6) is 0 Å². The lowest BCUT2D eigenvalue weighted by Gasteiger charge is -2.65. The predicted molar refractivity (Wildman–Crippen MR) is 151 cm³/mol. The van der Waals surface area contributed by atoms with Crippen LogP contribution in [0.3, 0.4) is 0 Å². The van der Waals surface area contributed by atoms with Gasteiger partial charge in [0, 0.05) is 16.2 Å². The van der Waals surface area contributed by atoms with Crippen molar-refractivity contribution in [2.45, 2.75) is 71.0 Å². The van der Waals surface area contributed by atoms with Crippen molar-refractivity contribution in [3.05, 3.63) is 71.8 Å². The Kier molecular flexibility index (Phi) is 7.00. The van der Waals surface area contributed by atoms with Crippen LogP contribution < -0.4 is 0 Å². The Morgan fingerprint density at radius 1 is 0.902 bits per heavy atom. The zero-order valence-corrected chi connectivity index (χ0v) is 24.2. The molecule has 7 atom stereocenters. The maximum Gasteiger partial charge on any atom is 0.338 e. The second-order valence-corrected chi connectivity index (χ2v) is 13.4. The van der Waals surface area contributed by atoms with Gasteiger partial charge in [-0.25, -0.2) is 9.59 Å². The molecule has 0 amide bonds. The van der Waals surface area contributed by atoms with Crippen LogP contribution in [-0.2, 0) is 23.7 Å². The molecule has 4 aliphatic rings. The van der Waals surface area contributed by atoms with E-state index < -0.39 is 17.1 Å². The van der Waals surface area contributed by atoms with Crippen LogP contribution in [0.2, 0.25) is 0 Å². The van der Waals surface area contributed by atoms with E-state index in [1.54, 1.807) is 24.3 Å². The average Bonchev–Trinajstić information content (AvgIpc) is 3.55. The fourth-order valence-corrected chi connectivity index (χ4v) is 8.76. The molecule has 6 rings (SSSR count). The number of esters is 3. The fourth-order valence-electron chi connectivity index (χ4n) is 8.76. The Bertz CT molecular complexity index is 1310. The number of rotatable bonds is 5. The number of cyclic esters (lactones) is 1. The summed E-state index contributed by atoms with van der Waals surface area (Å²) in [6, 6.07) is 18.0. The molecule has 2 aliphatic carbocycles. The number of hydrogen-bond acceptors (Lipinski definition) is 7. The number of benzene rings is 2. The van der Waals surface area contributed by atoms with E-state index in [-0.39, 0.29) is 41.3 Å². The average molecular weight is 561 g/mol. The summed E-state index contributed by atoms with van der Waals surface area (Å²) >= 11 is 0. The Labute approximate surface area is 241 Å². The highest BCUT2D eigenvalue weighted by Gasteiger charge is 2.70. The molecular weight excluding hydrogens is 520 g/mol. The zero-order valence-electron chi connectivity index (χ0n) is 24.2. The van der Waals surface area contributed by atoms with Gasteiger partial charge in [0.2, 0.25) is 0 Å². The van der Waals surface area contributed by atoms with Gasteiger partial charge < -0.3 is 18.9 Å². The standard InChI is InChI=1S/C34H40O7/c1-23-14-15-26-31(2,20-39-29(36)24-10-6-4-7-11-24)27(41-30(37)25-12-8-5-9-13-25)16-17-32(26,3)34(23)19-33(22-40-34)18-28(35)38-21-33/h4-13,23,26-27H,14-22H2,1-3H3/t23-,26-,27+,31+,32+,33-,34-/m1/s1. The first kappa shape index (κ1) is 28.0. The third-order valence-corrected chi connectivity index (χ3v) is 11.0. The Morgan fingerprint density at radius 2 is 1.56 bits per heavy atom. The minimum Gasteiger partial charge on any atom is -0.465 e. The topological polar surface area (TPSA) is 88.1 Å². The second kappa shape index (κ2) is 10.3. The number of carbonyl (C=O) groups is 3. The van der Waals surface area contributed by atoms with Gasteiger partial charge in [-0.15, -0.1) is 0 Å². The smallest absolute Gasteiger partial charge is 0.338 e. The number of hydrogen-bond donors (Lipinski definition) is 0. The first-order valence-corrected chi connectivity index (χ1v) is 14.9. The van der Waals surface area contributed by atoms with Gasteiger partial charge in [-0.3, -0.25) is 4.79 Å². The van der Waals surface area contributed by atoms with Crippen LogP contribution in [-0.4, -0.2) is 49.4 Å². The Balaban J connectivity index is 1.33. The van der Waals surface area contributed by atoms with E-state index in [1.165, 1.54) is 0 Å². The van der Waals surface area contributed by atoms with Crippen molar-refractivity contribution < 1.29 is 33.3 Å². The molecule has 2 spiro atoms. The van der Waals surface area contributed by atoms with E-state index in [1.807, 2.05) is 36.4 Å². The molecule has 0 aromatic heterocycles. The van der Waals surface area contributed by atoms with E-state index >= 15 is 0 Å². The summed E-state index contributed by atoms with van der Waals surface area (Å²) in [7, 11) is 0. The van der Waals surface area contributed by atoms with Gasteiger partial charge >= 0.3 is 17.9 Å². The van der Waals surface area contributed by atoms with Gasteiger partial charge in [0.1, 0.15) is 12.7 Å². The maximum atomic E-state index is 13.3. The van der Waals surface area contributed by atoms with Crippen LogP contribution in [0.15, 0.2) is 60.7 Å². The molecule has 2 saturated carbocycles. The SMILES string of the molecule is C[C@@H]1CC[C@@H]2[C@](C)(COC(=O)c3ccccc3)[C@@H](OC(=O)c3ccccc3)CC[C@]2(C)[C@@]12C[C@]1(COC(=O)C1)CO2. The van der Waals surface area contributed by atoms with Crippen LogP contribution in [0.1, 0.15) is 80.0 Å². The molecule has 0 unspecified atom stereocenters. The first-order chi connectivity index (χ1) is 19.6. The molecule has 2 aromatic carbocycles. The van der Waals surface area contributed by atoms with Crippen molar-refractivity contribution >= 4 is 17.9 Å². The van der Waals surface area contributed by atoms with Crippen LogP contribution in [0.25, 0.3) is 0 Å². The minimum absolute atomic E-state index is 0.0604. The normalized spacial score (nSPS) is 37.9. The van der Waals surface area contributed by atoms with Gasteiger partial charge in [0.15, 0.2) is 0 Å². The lowest BCUT2D eigenvalue weighted by atomic mass is 9.43. The van der Waals surface area contributed by atoms with E-state index in [9.17, 15) is 14.4 Å². The highest BCUT2D eigenvalue weighted by atomic mass is 16.6. The van der Waals surface area contributed by atoms with Crippen LogP contribution in [0.4, 0.5) is 0 Å². The molecule has 0 bridgehead atoms. The first-order valence-electron chi connectivity index (χ1n) is 14.9. The molecule has 0 radical (unpaired) electrons. The zero-order chi connectivity index (χ0) is 28.9. The van der Waals surface area contributed by atoms with Gasteiger partial charge in [0.25, 0.3) is 0 Å². The second-order valence-electron chi connectivity index (χ2n) is 13.4. The summed E-state index contributed by atoms with van der Waals surface area (Å²) in [5.74, 6) is -0.547. The third-order valence-electron chi connectivity index (χ3n) is 11.0. The molecule has 2 aliphatic heterocycles. The number of fused-ring (bicyclic) bond motifs is 2. The van der Waals surface area contributed by atoms with E-state index in [0.717, 1.165) is 25.7 Å². The molecule has 2 aromatic rings. The largest absolute Gasteiger partial charge is 0.465 e. The van der Waals surface area contributed by atoms with Gasteiger partial charge in [-0.2, -0.15) is 0 Å². The van der Waals surface area contributed by atoms with Crippen molar-refractivity contribution in [3.63, 3.8) is 0 Å². The van der Waals surface area contributed by atoms with Crippen LogP contribution in [0, 0.1) is 28.1 Å². The van der Waals surface area contributed by atoms with Gasteiger partial charge in [-0.05, 0) is 68.2 Å². The van der Waals surface area contributed by atoms with Crippen molar-refractivity contribution in [3.8, 4) is 0 Å². The fraction of sp³-hybridized carbons (Fsp3) is 0.559. The highest BCUT2D eigenvalue weighted by molar-refractivity contribution is 5.90. The summed E-state index contributed by atoms with van der Waals surface area (Å²) in [5.41, 5.74) is -0.649. The molecule has 0 N–H and O–H groups in total. The van der Waals surface area contributed by atoms with Crippen molar-refractivity contribution in [2.75, 3.05) is 19.8 Å². The molecule has 7 nitrogen and oxygen atoms in total. The number of carbonyl (C=O) groups excluding carboxylic acids is 3. The molecule has 218 valence electrons. The third kappa shape index (κ3) is 4.57. The minimum atomic E-state index is -0.643. The summed E-state index contributed by atoms with van der Waals surface area (Å²) in [6.45, 7) is 7.75. The van der Waals surface area contributed by atoms with Crippen molar-refractivity contribution in [1.29, 1.82) is 0 Å². The number of ether oxygens (including phenoxy) is 4. The molecular formula is C34H40O7. The molecule has 2 heterocycles. The summed E-state index contributed by atoms with van der Waals surface area (Å²) < 4.78 is 24.6. The van der Waals surface area contributed by atoms with Gasteiger partial charge in [0.05, 0.1) is 36.4 Å². The monoisotopic (exact) mass is 560 g/mol. The van der Waals surface area contributed by atoms with Crippen LogP contribution >= 0.6 is 0 Å². The van der Waals surface area contributed by atoms with E-state index in [0.29, 0.717) is 43.1 Å². The van der Waals surface area contributed by atoms with E-state index in [2.05, 4.69) is 20.8 Å².